The number of rotatable bonds is 4. The lowest BCUT2D eigenvalue weighted by molar-refractivity contribution is -0.139. The van der Waals surface area contributed by atoms with Gasteiger partial charge in [0, 0.05) is 11.3 Å². The molecule has 0 heterocycles. The third-order valence-corrected chi connectivity index (χ3v) is 4.21. The van der Waals surface area contributed by atoms with E-state index in [4.69, 9.17) is 4.74 Å². The highest BCUT2D eigenvalue weighted by molar-refractivity contribution is 6.04. The summed E-state index contributed by atoms with van der Waals surface area (Å²) in [5.74, 6) is 0.0714. The fraction of sp³-hybridized carbons (Fsp3) is 0.238. The molecule has 0 fully saturated rings. The Hall–Kier alpha value is -2.88. The number of amides is 1. The van der Waals surface area contributed by atoms with Crippen molar-refractivity contribution in [3.05, 3.63) is 71.8 Å². The van der Waals surface area contributed by atoms with Gasteiger partial charge in [-0.15, -0.1) is 0 Å². The van der Waals surface area contributed by atoms with Crippen molar-refractivity contribution in [2.24, 2.45) is 5.92 Å². The van der Waals surface area contributed by atoms with Crippen LogP contribution in [0.5, 0.6) is 5.75 Å². The number of aryl methyl sites for hydroxylation is 1. The minimum absolute atomic E-state index is 0.0642. The molecule has 4 nitrogen and oxygen atoms in total. The SMILES string of the molecule is Cc1cccc(C(=O)Nc2ccc(OC(=O)[C@H]3CC=CCC3)cc2)c1. The van der Waals surface area contributed by atoms with Crippen LogP contribution in [-0.2, 0) is 4.79 Å². The molecule has 0 unspecified atom stereocenters. The summed E-state index contributed by atoms with van der Waals surface area (Å²) in [7, 11) is 0. The Bertz CT molecular complexity index is 793. The van der Waals surface area contributed by atoms with Crippen molar-refractivity contribution in [3.63, 3.8) is 0 Å². The van der Waals surface area contributed by atoms with Crippen LogP contribution in [0.15, 0.2) is 60.7 Å². The Balaban J connectivity index is 1.59. The standard InChI is InChI=1S/C21H21NO3/c1-15-6-5-9-17(14-15)20(23)22-18-10-12-19(13-11-18)25-21(24)16-7-3-2-4-8-16/h2-3,5-6,9-14,16H,4,7-8H2,1H3,(H,22,23)/t16-/m0/s1. The topological polar surface area (TPSA) is 55.4 Å². The summed E-state index contributed by atoms with van der Waals surface area (Å²) in [6.45, 7) is 1.95. The quantitative estimate of drug-likeness (QED) is 0.508. The second-order valence-electron chi connectivity index (χ2n) is 6.25. The van der Waals surface area contributed by atoms with Crippen LogP contribution in [0.1, 0.15) is 35.2 Å². The van der Waals surface area contributed by atoms with Gasteiger partial charge in [-0.1, -0.05) is 29.8 Å². The molecule has 1 aliphatic rings. The number of allylic oxidation sites excluding steroid dienone is 2. The van der Waals surface area contributed by atoms with E-state index in [9.17, 15) is 9.59 Å². The van der Waals surface area contributed by atoms with Crippen molar-refractivity contribution in [1.82, 2.24) is 0 Å². The van der Waals surface area contributed by atoms with Crippen LogP contribution in [0.2, 0.25) is 0 Å². The maximum Gasteiger partial charge on any atom is 0.314 e. The van der Waals surface area contributed by atoms with Crippen LogP contribution in [-0.4, -0.2) is 11.9 Å². The second kappa shape index (κ2) is 7.79. The molecule has 1 atom stereocenters. The smallest absolute Gasteiger partial charge is 0.314 e. The van der Waals surface area contributed by atoms with E-state index in [0.717, 1.165) is 24.8 Å². The number of hydrogen-bond acceptors (Lipinski definition) is 3. The predicted octanol–water partition coefficient (Wildman–Crippen LogP) is 4.51. The van der Waals surface area contributed by atoms with Gasteiger partial charge in [-0.25, -0.2) is 0 Å². The molecule has 3 rings (SSSR count). The number of hydrogen-bond donors (Lipinski definition) is 1. The maximum atomic E-state index is 12.2. The molecule has 2 aromatic rings. The molecular weight excluding hydrogens is 314 g/mol. The van der Waals surface area contributed by atoms with Crippen LogP contribution >= 0.6 is 0 Å². The molecule has 0 saturated carbocycles. The molecule has 0 saturated heterocycles. The first-order valence-electron chi connectivity index (χ1n) is 8.46. The van der Waals surface area contributed by atoms with Crippen LogP contribution in [0.3, 0.4) is 0 Å². The zero-order valence-corrected chi connectivity index (χ0v) is 14.2. The summed E-state index contributed by atoms with van der Waals surface area (Å²) in [6.07, 6.45) is 6.61. The summed E-state index contributed by atoms with van der Waals surface area (Å²) < 4.78 is 5.43. The molecular formula is C21H21NO3. The zero-order valence-electron chi connectivity index (χ0n) is 14.2. The Morgan fingerprint density at radius 2 is 1.88 bits per heavy atom. The molecule has 128 valence electrons. The van der Waals surface area contributed by atoms with Crippen LogP contribution in [0.25, 0.3) is 0 Å². The summed E-state index contributed by atoms with van der Waals surface area (Å²) in [5, 5.41) is 2.84. The van der Waals surface area contributed by atoms with Crippen molar-refractivity contribution in [3.8, 4) is 5.75 Å². The molecule has 0 spiro atoms. The van der Waals surface area contributed by atoms with E-state index in [1.54, 1.807) is 30.3 Å². The first-order chi connectivity index (χ1) is 12.1. The van der Waals surface area contributed by atoms with Gasteiger partial charge in [0.25, 0.3) is 5.91 Å². The highest BCUT2D eigenvalue weighted by Crippen LogP contribution is 2.22. The average Bonchev–Trinajstić information content (AvgIpc) is 2.64. The number of nitrogens with one attached hydrogen (secondary N) is 1. The van der Waals surface area contributed by atoms with Crippen LogP contribution in [0, 0.1) is 12.8 Å². The summed E-state index contributed by atoms with van der Waals surface area (Å²) >= 11 is 0. The molecule has 2 aromatic carbocycles. The largest absolute Gasteiger partial charge is 0.426 e. The van der Waals surface area contributed by atoms with Gasteiger partial charge in [-0.3, -0.25) is 9.59 Å². The minimum atomic E-state index is -0.194. The molecule has 0 aromatic heterocycles. The first-order valence-corrected chi connectivity index (χ1v) is 8.46. The van der Waals surface area contributed by atoms with Crippen LogP contribution in [0.4, 0.5) is 5.69 Å². The fourth-order valence-corrected chi connectivity index (χ4v) is 2.80. The van der Waals surface area contributed by atoms with E-state index < -0.39 is 0 Å². The van der Waals surface area contributed by atoms with Crippen molar-refractivity contribution in [2.75, 3.05) is 5.32 Å². The monoisotopic (exact) mass is 335 g/mol. The van der Waals surface area contributed by atoms with E-state index in [0.29, 0.717) is 17.0 Å². The maximum absolute atomic E-state index is 12.2. The Morgan fingerprint density at radius 3 is 2.56 bits per heavy atom. The number of esters is 1. The number of ether oxygens (including phenoxy) is 1. The Morgan fingerprint density at radius 1 is 1.08 bits per heavy atom. The van der Waals surface area contributed by atoms with Crippen LogP contribution < -0.4 is 10.1 Å². The molecule has 25 heavy (non-hydrogen) atoms. The number of anilines is 1. The van der Waals surface area contributed by atoms with E-state index in [2.05, 4.69) is 11.4 Å². The van der Waals surface area contributed by atoms with Crippen molar-refractivity contribution >= 4 is 17.6 Å². The van der Waals surface area contributed by atoms with E-state index >= 15 is 0 Å². The zero-order chi connectivity index (χ0) is 17.6. The van der Waals surface area contributed by atoms with Crippen molar-refractivity contribution in [2.45, 2.75) is 26.2 Å². The lowest BCUT2D eigenvalue weighted by Gasteiger charge is -2.16. The number of carbonyl (C=O) groups is 2. The molecule has 4 heteroatoms. The van der Waals surface area contributed by atoms with Gasteiger partial charge < -0.3 is 10.1 Å². The van der Waals surface area contributed by atoms with Gasteiger partial charge in [0.2, 0.25) is 0 Å². The number of carbonyl (C=O) groups excluding carboxylic acids is 2. The normalized spacial score (nSPS) is 16.3. The lowest BCUT2D eigenvalue weighted by atomic mass is 9.95. The molecule has 1 amide bonds. The van der Waals surface area contributed by atoms with Gasteiger partial charge in [0.15, 0.2) is 0 Å². The number of benzene rings is 2. The highest BCUT2D eigenvalue weighted by atomic mass is 16.5. The Labute approximate surface area is 147 Å². The molecule has 0 bridgehead atoms. The van der Waals surface area contributed by atoms with Gasteiger partial charge >= 0.3 is 5.97 Å². The Kier molecular flexibility index (Phi) is 5.29. The lowest BCUT2D eigenvalue weighted by Crippen LogP contribution is -2.21. The van der Waals surface area contributed by atoms with Crippen molar-refractivity contribution in [1.29, 1.82) is 0 Å². The van der Waals surface area contributed by atoms with E-state index in [1.165, 1.54) is 0 Å². The molecule has 1 aliphatic carbocycles. The second-order valence-corrected chi connectivity index (χ2v) is 6.25. The minimum Gasteiger partial charge on any atom is -0.426 e. The third-order valence-electron chi connectivity index (χ3n) is 4.21. The van der Waals surface area contributed by atoms with Gasteiger partial charge in [0.1, 0.15) is 5.75 Å². The summed E-state index contributed by atoms with van der Waals surface area (Å²) in [5.41, 5.74) is 2.31. The first kappa shape index (κ1) is 17.0. The molecule has 0 radical (unpaired) electrons. The summed E-state index contributed by atoms with van der Waals surface area (Å²) in [6, 6.07) is 14.3. The van der Waals surface area contributed by atoms with Gasteiger partial charge in [-0.2, -0.15) is 0 Å². The molecule has 0 aliphatic heterocycles. The average molecular weight is 335 g/mol. The van der Waals surface area contributed by atoms with E-state index in [-0.39, 0.29) is 17.8 Å². The van der Waals surface area contributed by atoms with Gasteiger partial charge in [-0.05, 0) is 62.6 Å². The van der Waals surface area contributed by atoms with Crippen molar-refractivity contribution < 1.29 is 14.3 Å². The van der Waals surface area contributed by atoms with Gasteiger partial charge in [0.05, 0.1) is 5.92 Å². The molecule has 1 N–H and O–H groups in total. The highest BCUT2D eigenvalue weighted by Gasteiger charge is 2.20. The third kappa shape index (κ3) is 4.57. The summed E-state index contributed by atoms with van der Waals surface area (Å²) in [4.78, 5) is 24.4. The predicted molar refractivity (Wildman–Crippen MR) is 97.7 cm³/mol. The fourth-order valence-electron chi connectivity index (χ4n) is 2.80. The van der Waals surface area contributed by atoms with E-state index in [1.807, 2.05) is 31.2 Å².